The first-order valence-corrected chi connectivity index (χ1v) is 4.78. The fraction of sp³-hybridized carbons (Fsp3) is 0.364. The van der Waals surface area contributed by atoms with Gasteiger partial charge in [-0.3, -0.25) is 4.79 Å². The summed E-state index contributed by atoms with van der Waals surface area (Å²) in [7, 11) is 0. The highest BCUT2D eigenvalue weighted by Crippen LogP contribution is 2.38. The van der Waals surface area contributed by atoms with Crippen LogP contribution in [0.4, 0.5) is 17.6 Å². The first kappa shape index (κ1) is 13.5. The lowest BCUT2D eigenvalue weighted by atomic mass is 10.1. The molecule has 17 heavy (non-hydrogen) atoms. The summed E-state index contributed by atoms with van der Waals surface area (Å²) in [5, 5.41) is 0. The van der Waals surface area contributed by atoms with Crippen LogP contribution in [0.2, 0.25) is 0 Å². The highest BCUT2D eigenvalue weighted by Gasteiger charge is 2.36. The van der Waals surface area contributed by atoms with Gasteiger partial charge in [-0.15, -0.1) is 0 Å². The van der Waals surface area contributed by atoms with E-state index in [0.29, 0.717) is 12.1 Å². The van der Waals surface area contributed by atoms with E-state index in [0.717, 1.165) is 0 Å². The van der Waals surface area contributed by atoms with Crippen molar-refractivity contribution in [3.8, 4) is 5.75 Å². The molecule has 1 rings (SSSR count). The molecule has 0 N–H and O–H groups in total. The second kappa shape index (κ2) is 4.73. The van der Waals surface area contributed by atoms with Crippen LogP contribution in [0.3, 0.4) is 0 Å². The zero-order valence-corrected chi connectivity index (χ0v) is 9.14. The third-order valence-corrected chi connectivity index (χ3v) is 1.86. The topological polar surface area (TPSA) is 26.3 Å². The van der Waals surface area contributed by atoms with E-state index in [1.807, 2.05) is 0 Å². The van der Waals surface area contributed by atoms with Crippen molar-refractivity contribution < 1.29 is 27.1 Å². The minimum absolute atomic E-state index is 0.150. The van der Waals surface area contributed by atoms with Crippen molar-refractivity contribution in [2.75, 3.05) is 0 Å². The molecule has 0 aliphatic heterocycles. The Balaban J connectivity index is 3.40. The predicted octanol–water partition coefficient (Wildman–Crippen LogP) is 3.44. The maximum Gasteiger partial charge on any atom is 0.420 e. The summed E-state index contributed by atoms with van der Waals surface area (Å²) >= 11 is 0. The lowest BCUT2D eigenvalue weighted by molar-refractivity contribution is -0.139. The number of hydrogen-bond acceptors (Lipinski definition) is 2. The Morgan fingerprint density at radius 2 is 1.88 bits per heavy atom. The summed E-state index contributed by atoms with van der Waals surface area (Å²) in [6, 6.07) is 1.27. The number of halogens is 4. The molecular formula is C11H10F4O2. The van der Waals surface area contributed by atoms with Crippen LogP contribution in [0.25, 0.3) is 0 Å². The highest BCUT2D eigenvalue weighted by molar-refractivity contribution is 5.76. The van der Waals surface area contributed by atoms with Gasteiger partial charge in [-0.2, -0.15) is 13.2 Å². The van der Waals surface area contributed by atoms with Gasteiger partial charge in [-0.25, -0.2) is 4.39 Å². The average molecular weight is 250 g/mol. The molecule has 6 heteroatoms. The summed E-state index contributed by atoms with van der Waals surface area (Å²) < 4.78 is 56.1. The van der Waals surface area contributed by atoms with E-state index in [9.17, 15) is 22.4 Å². The van der Waals surface area contributed by atoms with Gasteiger partial charge in [0.05, 0.1) is 6.10 Å². The quantitative estimate of drug-likeness (QED) is 0.606. The summed E-state index contributed by atoms with van der Waals surface area (Å²) in [5.41, 5.74) is -1.67. The van der Waals surface area contributed by atoms with Crippen LogP contribution >= 0.6 is 0 Å². The lowest BCUT2D eigenvalue weighted by Crippen LogP contribution is -2.15. The molecule has 1 aromatic carbocycles. The molecule has 0 radical (unpaired) electrons. The standard InChI is InChI=1S/C11H10F4O2/c1-6(2)17-10-8(11(13,14)15)3-7(5-16)4-9(10)12/h3-6H,1-2H3. The van der Waals surface area contributed by atoms with E-state index >= 15 is 0 Å². The molecule has 0 saturated heterocycles. The van der Waals surface area contributed by atoms with Gasteiger partial charge in [0.2, 0.25) is 0 Å². The molecule has 0 bridgehead atoms. The number of aldehydes is 1. The Morgan fingerprint density at radius 3 is 2.29 bits per heavy atom. The van der Waals surface area contributed by atoms with Crippen molar-refractivity contribution >= 4 is 6.29 Å². The molecular weight excluding hydrogens is 240 g/mol. The third-order valence-electron chi connectivity index (χ3n) is 1.86. The van der Waals surface area contributed by atoms with Crippen molar-refractivity contribution in [1.29, 1.82) is 0 Å². The van der Waals surface area contributed by atoms with Crippen LogP contribution in [0.1, 0.15) is 29.8 Å². The van der Waals surface area contributed by atoms with Gasteiger partial charge in [0.25, 0.3) is 0 Å². The van der Waals surface area contributed by atoms with Crippen LogP contribution < -0.4 is 4.74 Å². The van der Waals surface area contributed by atoms with E-state index in [-0.39, 0.29) is 11.8 Å². The Bertz CT molecular complexity index is 424. The zero-order valence-electron chi connectivity index (χ0n) is 9.14. The molecule has 0 aliphatic rings. The molecule has 0 aromatic heterocycles. The SMILES string of the molecule is CC(C)Oc1c(F)cc(C=O)cc1C(F)(F)F. The summed E-state index contributed by atoms with van der Waals surface area (Å²) in [6.07, 6.45) is -5.23. The van der Waals surface area contributed by atoms with Crippen molar-refractivity contribution in [3.63, 3.8) is 0 Å². The van der Waals surface area contributed by atoms with Crippen LogP contribution in [0.15, 0.2) is 12.1 Å². The second-order valence-corrected chi connectivity index (χ2v) is 3.66. The molecule has 0 spiro atoms. The third kappa shape index (κ3) is 3.18. The molecule has 2 nitrogen and oxygen atoms in total. The second-order valence-electron chi connectivity index (χ2n) is 3.66. The van der Waals surface area contributed by atoms with Crippen LogP contribution in [-0.2, 0) is 6.18 Å². The van der Waals surface area contributed by atoms with E-state index in [2.05, 4.69) is 0 Å². The number of hydrogen-bond donors (Lipinski definition) is 0. The van der Waals surface area contributed by atoms with Crippen molar-refractivity contribution in [3.05, 3.63) is 29.1 Å². The molecule has 0 atom stereocenters. The molecule has 0 unspecified atom stereocenters. The number of carbonyl (C=O) groups excluding carboxylic acids is 1. The van der Waals surface area contributed by atoms with Gasteiger partial charge in [0, 0.05) is 5.56 Å². The molecule has 0 aliphatic carbocycles. The van der Waals surface area contributed by atoms with Gasteiger partial charge >= 0.3 is 6.18 Å². The number of rotatable bonds is 3. The fourth-order valence-electron chi connectivity index (χ4n) is 1.25. The van der Waals surface area contributed by atoms with Gasteiger partial charge < -0.3 is 4.74 Å². The largest absolute Gasteiger partial charge is 0.487 e. The normalized spacial score (nSPS) is 11.7. The van der Waals surface area contributed by atoms with E-state index in [4.69, 9.17) is 4.74 Å². The van der Waals surface area contributed by atoms with E-state index in [1.165, 1.54) is 13.8 Å². The van der Waals surface area contributed by atoms with Gasteiger partial charge in [0.15, 0.2) is 11.6 Å². The minimum atomic E-state index is -4.77. The maximum atomic E-state index is 13.4. The Labute approximate surface area is 95.2 Å². The number of ether oxygens (including phenoxy) is 1. The molecule has 0 amide bonds. The molecule has 0 saturated carbocycles. The van der Waals surface area contributed by atoms with Gasteiger partial charge in [-0.1, -0.05) is 0 Å². The van der Waals surface area contributed by atoms with E-state index < -0.39 is 29.4 Å². The molecule has 1 aromatic rings. The molecule has 94 valence electrons. The van der Waals surface area contributed by atoms with Crippen molar-refractivity contribution in [2.24, 2.45) is 0 Å². The zero-order chi connectivity index (χ0) is 13.2. The molecule has 0 fully saturated rings. The van der Waals surface area contributed by atoms with Gasteiger partial charge in [-0.05, 0) is 26.0 Å². The fourth-order valence-corrected chi connectivity index (χ4v) is 1.25. The lowest BCUT2D eigenvalue weighted by Gasteiger charge is -2.17. The van der Waals surface area contributed by atoms with Crippen molar-refractivity contribution in [2.45, 2.75) is 26.1 Å². The summed E-state index contributed by atoms with van der Waals surface area (Å²) in [6.45, 7) is 2.96. The Morgan fingerprint density at radius 1 is 1.29 bits per heavy atom. The minimum Gasteiger partial charge on any atom is -0.487 e. The number of alkyl halides is 3. The highest BCUT2D eigenvalue weighted by atomic mass is 19.4. The van der Waals surface area contributed by atoms with Crippen LogP contribution in [-0.4, -0.2) is 12.4 Å². The maximum absolute atomic E-state index is 13.4. The van der Waals surface area contributed by atoms with Crippen LogP contribution in [0.5, 0.6) is 5.75 Å². The van der Waals surface area contributed by atoms with Crippen molar-refractivity contribution in [1.82, 2.24) is 0 Å². The number of carbonyl (C=O) groups is 1. The van der Waals surface area contributed by atoms with Gasteiger partial charge in [0.1, 0.15) is 11.8 Å². The Kier molecular flexibility index (Phi) is 3.75. The first-order chi connectivity index (χ1) is 7.75. The summed E-state index contributed by atoms with van der Waals surface area (Å²) in [5.74, 6) is -2.08. The monoisotopic (exact) mass is 250 g/mol. The number of benzene rings is 1. The summed E-state index contributed by atoms with van der Waals surface area (Å²) in [4.78, 5) is 10.4. The average Bonchev–Trinajstić information content (AvgIpc) is 2.18. The Hall–Kier alpha value is -1.59. The molecule has 0 heterocycles. The van der Waals surface area contributed by atoms with Crippen LogP contribution in [0, 0.1) is 5.82 Å². The first-order valence-electron chi connectivity index (χ1n) is 4.78. The predicted molar refractivity (Wildman–Crippen MR) is 52.6 cm³/mol. The van der Waals surface area contributed by atoms with E-state index in [1.54, 1.807) is 0 Å². The smallest absolute Gasteiger partial charge is 0.420 e.